The highest BCUT2D eigenvalue weighted by Crippen LogP contribution is 2.30. The minimum Gasteiger partial charge on any atom is -0.488 e. The lowest BCUT2D eigenvalue weighted by atomic mass is 10.1. The highest BCUT2D eigenvalue weighted by Gasteiger charge is 2.30. The molecule has 8 heteroatoms. The molecule has 1 aliphatic rings. The Morgan fingerprint density at radius 1 is 1.11 bits per heavy atom. The molecule has 3 rings (SSSR count). The molecule has 0 bridgehead atoms. The van der Waals surface area contributed by atoms with E-state index >= 15 is 0 Å². The minimum atomic E-state index is -4.46. The number of halogens is 3. The smallest absolute Gasteiger partial charge is 0.416 e. The lowest BCUT2D eigenvalue weighted by molar-refractivity contribution is -0.149. The highest BCUT2D eigenvalue weighted by atomic mass is 19.4. The molecule has 146 valence electrons. The number of para-hydroxylation sites is 1. The number of hydrogen-bond donors (Lipinski definition) is 1. The largest absolute Gasteiger partial charge is 0.488 e. The van der Waals surface area contributed by atoms with Gasteiger partial charge in [-0.25, -0.2) is 4.79 Å². The van der Waals surface area contributed by atoms with Crippen molar-refractivity contribution in [3.05, 3.63) is 65.2 Å². The molecule has 1 atom stereocenters. The first-order chi connectivity index (χ1) is 13.2. The van der Waals surface area contributed by atoms with Crippen molar-refractivity contribution in [1.82, 2.24) is 0 Å². The van der Waals surface area contributed by atoms with Crippen LogP contribution in [0.25, 0.3) is 6.08 Å². The number of rotatable bonds is 4. The molecular formula is C20H16F3NO4. The molecule has 0 spiro atoms. The fourth-order valence-corrected chi connectivity index (χ4v) is 2.51. The van der Waals surface area contributed by atoms with Gasteiger partial charge in [-0.15, -0.1) is 0 Å². The number of benzene rings is 2. The molecule has 0 unspecified atom stereocenters. The van der Waals surface area contributed by atoms with Crippen molar-refractivity contribution < 1.29 is 32.2 Å². The van der Waals surface area contributed by atoms with Crippen molar-refractivity contribution >= 4 is 23.6 Å². The van der Waals surface area contributed by atoms with E-state index in [1.54, 1.807) is 24.3 Å². The Hall–Kier alpha value is -3.29. The van der Waals surface area contributed by atoms with Crippen LogP contribution in [-0.2, 0) is 20.5 Å². The third-order valence-electron chi connectivity index (χ3n) is 4.03. The summed E-state index contributed by atoms with van der Waals surface area (Å²) in [5, 5.41) is 2.41. The molecule has 5 nitrogen and oxygen atoms in total. The molecule has 1 aliphatic heterocycles. The van der Waals surface area contributed by atoms with Crippen molar-refractivity contribution in [3.8, 4) is 5.75 Å². The van der Waals surface area contributed by atoms with E-state index in [-0.39, 0.29) is 17.9 Å². The average Bonchev–Trinajstić information content (AvgIpc) is 2.67. The summed E-state index contributed by atoms with van der Waals surface area (Å²) in [7, 11) is 0. The third-order valence-corrected chi connectivity index (χ3v) is 4.03. The highest BCUT2D eigenvalue weighted by molar-refractivity contribution is 5.99. The van der Waals surface area contributed by atoms with Gasteiger partial charge in [0.05, 0.1) is 11.1 Å². The first-order valence-electron chi connectivity index (χ1n) is 8.35. The van der Waals surface area contributed by atoms with Gasteiger partial charge in [-0.2, -0.15) is 13.2 Å². The number of carbonyl (C=O) groups excluding carboxylic acids is 2. The summed E-state index contributed by atoms with van der Waals surface area (Å²) < 4.78 is 48.3. The van der Waals surface area contributed by atoms with Gasteiger partial charge >= 0.3 is 12.1 Å². The Morgan fingerprint density at radius 2 is 1.79 bits per heavy atom. The Bertz CT molecular complexity index is 920. The van der Waals surface area contributed by atoms with Gasteiger partial charge in [0, 0.05) is 11.3 Å². The van der Waals surface area contributed by atoms with Crippen LogP contribution in [0, 0.1) is 0 Å². The summed E-state index contributed by atoms with van der Waals surface area (Å²) in [4.78, 5) is 24.4. The van der Waals surface area contributed by atoms with E-state index in [4.69, 9.17) is 9.47 Å². The van der Waals surface area contributed by atoms with Crippen LogP contribution in [0.4, 0.5) is 18.9 Å². The maximum atomic E-state index is 12.6. The third kappa shape index (κ3) is 4.51. The second kappa shape index (κ2) is 7.75. The zero-order valence-electron chi connectivity index (χ0n) is 14.7. The Labute approximate surface area is 158 Å². The van der Waals surface area contributed by atoms with Gasteiger partial charge < -0.3 is 14.8 Å². The first-order valence-corrected chi connectivity index (χ1v) is 8.35. The fraction of sp³-hybridized carbons (Fsp3) is 0.200. The second-order valence-corrected chi connectivity index (χ2v) is 6.11. The van der Waals surface area contributed by atoms with Crippen LogP contribution in [-0.4, -0.2) is 24.6 Å². The predicted octanol–water partition coefficient (Wildman–Crippen LogP) is 4.05. The Kier molecular flexibility index (Phi) is 5.39. The van der Waals surface area contributed by atoms with E-state index in [9.17, 15) is 22.8 Å². The number of hydrogen-bond acceptors (Lipinski definition) is 4. The van der Waals surface area contributed by atoms with Gasteiger partial charge in [0.1, 0.15) is 12.4 Å². The summed E-state index contributed by atoms with van der Waals surface area (Å²) >= 11 is 0. The van der Waals surface area contributed by atoms with Crippen LogP contribution in [0.3, 0.4) is 0 Å². The molecule has 1 N–H and O–H groups in total. The lowest BCUT2D eigenvalue weighted by Gasteiger charge is -2.19. The van der Waals surface area contributed by atoms with Gasteiger partial charge in [-0.1, -0.05) is 18.2 Å². The SMILES string of the molecule is C[C@@H](OC(=O)C1=Cc2ccccc2OC1)C(=O)Nc1ccc(C(F)(F)F)cc1. The molecule has 28 heavy (non-hydrogen) atoms. The summed E-state index contributed by atoms with van der Waals surface area (Å²) in [6.07, 6.45) is -3.98. The molecule has 0 saturated heterocycles. The van der Waals surface area contributed by atoms with Crippen LogP contribution < -0.4 is 10.1 Å². The molecule has 0 aromatic heterocycles. The standard InChI is InChI=1S/C20H16F3NO4/c1-12(18(25)24-16-8-6-15(7-9-16)20(21,22)23)28-19(26)14-10-13-4-2-3-5-17(13)27-11-14/h2-10,12H,11H2,1H3,(H,24,25)/t12-/m1/s1. The van der Waals surface area contributed by atoms with Crippen molar-refractivity contribution in [1.29, 1.82) is 0 Å². The number of ether oxygens (including phenoxy) is 2. The second-order valence-electron chi connectivity index (χ2n) is 6.11. The number of fused-ring (bicyclic) bond motifs is 1. The van der Waals surface area contributed by atoms with E-state index in [1.807, 2.05) is 6.07 Å². The van der Waals surface area contributed by atoms with E-state index in [1.165, 1.54) is 6.92 Å². The van der Waals surface area contributed by atoms with Crippen LogP contribution in [0.1, 0.15) is 18.1 Å². The molecule has 0 saturated carbocycles. The van der Waals surface area contributed by atoms with Crippen LogP contribution in [0.15, 0.2) is 54.1 Å². The van der Waals surface area contributed by atoms with Gasteiger partial charge in [0.15, 0.2) is 6.10 Å². The Balaban J connectivity index is 1.60. The summed E-state index contributed by atoms with van der Waals surface area (Å²) in [5.74, 6) is -0.720. The molecule has 0 fully saturated rings. The number of nitrogens with one attached hydrogen (secondary N) is 1. The zero-order valence-corrected chi connectivity index (χ0v) is 14.7. The molecule has 2 aromatic carbocycles. The number of amides is 1. The maximum absolute atomic E-state index is 12.6. The molecule has 0 aliphatic carbocycles. The van der Waals surface area contributed by atoms with Gasteiger partial charge in [-0.05, 0) is 43.3 Å². The molecular weight excluding hydrogens is 375 g/mol. The van der Waals surface area contributed by atoms with E-state index in [0.29, 0.717) is 5.75 Å². The predicted molar refractivity (Wildman–Crippen MR) is 95.5 cm³/mol. The monoisotopic (exact) mass is 391 g/mol. The zero-order chi connectivity index (χ0) is 20.3. The number of carbonyl (C=O) groups is 2. The van der Waals surface area contributed by atoms with Crippen molar-refractivity contribution in [2.75, 3.05) is 11.9 Å². The molecule has 2 aromatic rings. The first kappa shape index (κ1) is 19.5. The van der Waals surface area contributed by atoms with Gasteiger partial charge in [-0.3, -0.25) is 4.79 Å². The number of esters is 1. The minimum absolute atomic E-state index is 0.0170. The molecule has 0 radical (unpaired) electrons. The maximum Gasteiger partial charge on any atom is 0.416 e. The topological polar surface area (TPSA) is 64.6 Å². The van der Waals surface area contributed by atoms with Gasteiger partial charge in [0.2, 0.25) is 0 Å². The van der Waals surface area contributed by atoms with Crippen LogP contribution in [0.5, 0.6) is 5.75 Å². The van der Waals surface area contributed by atoms with Crippen molar-refractivity contribution in [2.45, 2.75) is 19.2 Å². The summed E-state index contributed by atoms with van der Waals surface area (Å²) in [6.45, 7) is 1.39. The average molecular weight is 391 g/mol. The van der Waals surface area contributed by atoms with Crippen molar-refractivity contribution in [3.63, 3.8) is 0 Å². The van der Waals surface area contributed by atoms with E-state index < -0.39 is 29.7 Å². The van der Waals surface area contributed by atoms with Crippen LogP contribution in [0.2, 0.25) is 0 Å². The fourth-order valence-electron chi connectivity index (χ4n) is 2.51. The molecule has 1 heterocycles. The Morgan fingerprint density at radius 3 is 2.46 bits per heavy atom. The summed E-state index contributed by atoms with van der Waals surface area (Å²) in [5.41, 5.74) is 0.319. The van der Waals surface area contributed by atoms with Crippen LogP contribution >= 0.6 is 0 Å². The van der Waals surface area contributed by atoms with Gasteiger partial charge in [0.25, 0.3) is 5.91 Å². The number of anilines is 1. The normalized spacial score (nSPS) is 14.2. The van der Waals surface area contributed by atoms with Crippen molar-refractivity contribution in [2.24, 2.45) is 0 Å². The lowest BCUT2D eigenvalue weighted by Crippen LogP contribution is -2.31. The van der Waals surface area contributed by atoms with E-state index in [0.717, 1.165) is 29.8 Å². The van der Waals surface area contributed by atoms with E-state index in [2.05, 4.69) is 5.32 Å². The summed E-state index contributed by atoms with van der Waals surface area (Å²) in [6, 6.07) is 11.1. The molecule has 1 amide bonds. The quantitative estimate of drug-likeness (QED) is 0.799. The number of alkyl halides is 3.